The maximum Gasteiger partial charge on any atom is 0.277 e. The van der Waals surface area contributed by atoms with Gasteiger partial charge in [-0.25, -0.2) is 4.90 Å². The second kappa shape index (κ2) is 7.15. The number of carbonyl (C=O) groups is 4. The van der Waals surface area contributed by atoms with Crippen molar-refractivity contribution in [2.45, 2.75) is 44.9 Å². The Bertz CT molecular complexity index is 869. The summed E-state index contributed by atoms with van der Waals surface area (Å²) in [4.78, 5) is 49.9. The van der Waals surface area contributed by atoms with Crippen molar-refractivity contribution in [3.63, 3.8) is 0 Å². The Morgan fingerprint density at radius 1 is 1.07 bits per heavy atom. The number of amides is 4. The smallest absolute Gasteiger partial charge is 0.277 e. The molecule has 27 heavy (non-hydrogen) atoms. The summed E-state index contributed by atoms with van der Waals surface area (Å²) in [6.07, 6.45) is 0.500. The zero-order valence-electron chi connectivity index (χ0n) is 15.3. The van der Waals surface area contributed by atoms with Gasteiger partial charge in [-0.2, -0.15) is 5.01 Å². The van der Waals surface area contributed by atoms with E-state index in [9.17, 15) is 19.2 Å². The van der Waals surface area contributed by atoms with E-state index in [1.54, 1.807) is 45.0 Å². The summed E-state index contributed by atoms with van der Waals surface area (Å²) in [5.74, 6) is -1.56. The first-order valence-corrected chi connectivity index (χ1v) is 9.59. The average Bonchev–Trinajstić information content (AvgIpc) is 3.18. The second-order valence-electron chi connectivity index (χ2n) is 6.02. The first kappa shape index (κ1) is 19.1. The summed E-state index contributed by atoms with van der Waals surface area (Å²) in [6, 6.07) is 6.85. The third-order valence-electron chi connectivity index (χ3n) is 4.39. The second-order valence-corrected chi connectivity index (χ2v) is 7.20. The largest absolute Gasteiger partial charge is 0.304 e. The molecule has 0 aliphatic carbocycles. The standard InChI is InChI=1S/C18H20N4O4S/c1-4-13(23)19-17-20-22(15(25)6-3)18(27-17)11-9-7-8-10-12(11)21(16(18)26)14(24)5-2/h7-10H,4-6H2,1-3H3,(H,19,20,23). The molecule has 142 valence electrons. The predicted octanol–water partition coefficient (Wildman–Crippen LogP) is 1.91. The van der Waals surface area contributed by atoms with Crippen molar-refractivity contribution < 1.29 is 19.2 Å². The SMILES string of the molecule is CCC(=O)NC1=NN(C(=O)CC)C2(S1)C(=O)N(C(=O)CC)c1ccccc12. The van der Waals surface area contributed by atoms with Gasteiger partial charge in [0.2, 0.25) is 22.6 Å². The van der Waals surface area contributed by atoms with Gasteiger partial charge in [-0.3, -0.25) is 19.2 Å². The lowest BCUT2D eigenvalue weighted by Crippen LogP contribution is -2.50. The van der Waals surface area contributed by atoms with Crippen molar-refractivity contribution in [3.8, 4) is 0 Å². The Hall–Kier alpha value is -2.68. The highest BCUT2D eigenvalue weighted by atomic mass is 32.2. The van der Waals surface area contributed by atoms with Crippen LogP contribution in [0.5, 0.6) is 0 Å². The number of para-hydroxylation sites is 1. The Labute approximate surface area is 161 Å². The van der Waals surface area contributed by atoms with E-state index in [-0.39, 0.29) is 42.2 Å². The number of anilines is 1. The number of hydrogen-bond acceptors (Lipinski definition) is 6. The molecular formula is C18H20N4O4S. The van der Waals surface area contributed by atoms with Crippen LogP contribution in [-0.2, 0) is 24.0 Å². The van der Waals surface area contributed by atoms with Crippen LogP contribution in [-0.4, -0.2) is 33.8 Å². The van der Waals surface area contributed by atoms with Gasteiger partial charge >= 0.3 is 0 Å². The summed E-state index contributed by atoms with van der Waals surface area (Å²) in [5, 5.41) is 8.11. The van der Waals surface area contributed by atoms with E-state index >= 15 is 0 Å². The highest BCUT2D eigenvalue weighted by Gasteiger charge is 2.62. The molecule has 2 heterocycles. The third kappa shape index (κ3) is 2.82. The van der Waals surface area contributed by atoms with Gasteiger partial charge in [0.05, 0.1) is 5.69 Å². The molecule has 1 aromatic carbocycles. The number of fused-ring (bicyclic) bond motifs is 2. The Balaban J connectivity index is 2.15. The molecule has 2 aliphatic rings. The van der Waals surface area contributed by atoms with E-state index in [2.05, 4.69) is 10.4 Å². The number of nitrogens with zero attached hydrogens (tertiary/aromatic N) is 3. The van der Waals surface area contributed by atoms with Crippen LogP contribution in [0.4, 0.5) is 5.69 Å². The number of thioether (sulfide) groups is 1. The van der Waals surface area contributed by atoms with Crippen LogP contribution in [0.1, 0.15) is 45.6 Å². The highest BCUT2D eigenvalue weighted by Crippen LogP contribution is 2.54. The van der Waals surface area contributed by atoms with Crippen LogP contribution in [0.2, 0.25) is 0 Å². The zero-order chi connectivity index (χ0) is 19.8. The van der Waals surface area contributed by atoms with Gasteiger partial charge < -0.3 is 5.32 Å². The molecule has 9 heteroatoms. The lowest BCUT2D eigenvalue weighted by Gasteiger charge is -2.29. The molecule has 0 radical (unpaired) electrons. The summed E-state index contributed by atoms with van der Waals surface area (Å²) >= 11 is 0.978. The maximum atomic E-state index is 13.4. The predicted molar refractivity (Wildman–Crippen MR) is 102 cm³/mol. The van der Waals surface area contributed by atoms with Crippen LogP contribution in [0, 0.1) is 0 Å². The highest BCUT2D eigenvalue weighted by molar-refractivity contribution is 8.15. The summed E-state index contributed by atoms with van der Waals surface area (Å²) in [6.45, 7) is 5.03. The van der Waals surface area contributed by atoms with E-state index in [0.29, 0.717) is 11.3 Å². The number of rotatable bonds is 3. The van der Waals surface area contributed by atoms with E-state index in [4.69, 9.17) is 0 Å². The van der Waals surface area contributed by atoms with Crippen molar-refractivity contribution in [1.82, 2.24) is 10.3 Å². The third-order valence-corrected chi connectivity index (χ3v) is 5.63. The van der Waals surface area contributed by atoms with Crippen LogP contribution < -0.4 is 10.2 Å². The number of nitrogens with one attached hydrogen (secondary N) is 1. The molecule has 8 nitrogen and oxygen atoms in total. The first-order valence-electron chi connectivity index (χ1n) is 8.78. The Morgan fingerprint density at radius 2 is 1.74 bits per heavy atom. The van der Waals surface area contributed by atoms with Crippen LogP contribution >= 0.6 is 11.8 Å². The fourth-order valence-corrected chi connectivity index (χ4v) is 4.30. The molecule has 1 aromatic rings. The lowest BCUT2D eigenvalue weighted by atomic mass is 10.1. The molecule has 0 bridgehead atoms. The Morgan fingerprint density at radius 3 is 2.37 bits per heavy atom. The minimum atomic E-state index is -1.52. The van der Waals surface area contributed by atoms with E-state index in [1.165, 1.54) is 0 Å². The normalized spacial score (nSPS) is 20.7. The molecule has 0 aromatic heterocycles. The number of hydrogen-bond donors (Lipinski definition) is 1. The number of benzene rings is 1. The minimum absolute atomic E-state index is 0.123. The Kier molecular flexibility index (Phi) is 5.05. The lowest BCUT2D eigenvalue weighted by molar-refractivity contribution is -0.141. The number of hydrazone groups is 1. The fourth-order valence-electron chi connectivity index (χ4n) is 3.04. The quantitative estimate of drug-likeness (QED) is 0.853. The average molecular weight is 388 g/mol. The van der Waals surface area contributed by atoms with Gasteiger partial charge in [-0.15, -0.1) is 5.10 Å². The molecule has 4 amide bonds. The number of carbonyl (C=O) groups excluding carboxylic acids is 4. The molecule has 0 saturated heterocycles. The van der Waals surface area contributed by atoms with Gasteiger partial charge in [0.1, 0.15) is 0 Å². The van der Waals surface area contributed by atoms with Gasteiger partial charge in [0, 0.05) is 24.8 Å². The molecular weight excluding hydrogens is 368 g/mol. The summed E-state index contributed by atoms with van der Waals surface area (Å²) in [7, 11) is 0. The molecule has 1 atom stereocenters. The summed E-state index contributed by atoms with van der Waals surface area (Å²) < 4.78 is 0. The van der Waals surface area contributed by atoms with Crippen molar-refractivity contribution in [3.05, 3.63) is 29.8 Å². The van der Waals surface area contributed by atoms with Gasteiger partial charge in [0.25, 0.3) is 5.91 Å². The molecule has 1 unspecified atom stereocenters. The first-order chi connectivity index (χ1) is 12.9. The van der Waals surface area contributed by atoms with Crippen LogP contribution in [0.3, 0.4) is 0 Å². The zero-order valence-corrected chi connectivity index (χ0v) is 16.1. The van der Waals surface area contributed by atoms with E-state index < -0.39 is 10.8 Å². The van der Waals surface area contributed by atoms with Gasteiger partial charge in [0.15, 0.2) is 5.17 Å². The van der Waals surface area contributed by atoms with Crippen LogP contribution in [0.25, 0.3) is 0 Å². The molecule has 1 N–H and O–H groups in total. The van der Waals surface area contributed by atoms with Crippen molar-refractivity contribution >= 4 is 46.2 Å². The molecule has 2 aliphatic heterocycles. The van der Waals surface area contributed by atoms with E-state index in [1.807, 2.05) is 0 Å². The van der Waals surface area contributed by atoms with Gasteiger partial charge in [-0.05, 0) is 17.8 Å². The van der Waals surface area contributed by atoms with Crippen LogP contribution in [0.15, 0.2) is 29.4 Å². The number of amidine groups is 1. The summed E-state index contributed by atoms with van der Waals surface area (Å²) in [5.41, 5.74) is 0.946. The minimum Gasteiger partial charge on any atom is -0.304 e. The van der Waals surface area contributed by atoms with Crippen molar-refractivity contribution in [1.29, 1.82) is 0 Å². The topological polar surface area (TPSA) is 99.2 Å². The molecule has 0 fully saturated rings. The molecule has 1 spiro atoms. The van der Waals surface area contributed by atoms with Crippen molar-refractivity contribution in [2.75, 3.05) is 4.90 Å². The molecule has 0 saturated carbocycles. The monoisotopic (exact) mass is 388 g/mol. The molecule has 3 rings (SSSR count). The van der Waals surface area contributed by atoms with Crippen molar-refractivity contribution in [2.24, 2.45) is 5.10 Å². The fraction of sp³-hybridized carbons (Fsp3) is 0.389. The number of imide groups is 1. The van der Waals surface area contributed by atoms with E-state index in [0.717, 1.165) is 21.7 Å². The van der Waals surface area contributed by atoms with Gasteiger partial charge in [-0.1, -0.05) is 39.0 Å². The maximum absolute atomic E-state index is 13.4.